The number of carboxylic acids is 1. The second-order valence-corrected chi connectivity index (χ2v) is 9.71. The van der Waals surface area contributed by atoms with E-state index < -0.39 is 39.8 Å². The maximum Gasteiger partial charge on any atom is 1.00 e. The summed E-state index contributed by atoms with van der Waals surface area (Å²) >= 11 is 1.13. The molecule has 0 unspecified atom stereocenters. The van der Waals surface area contributed by atoms with E-state index in [0.717, 1.165) is 17.6 Å². The Bertz CT molecular complexity index is 1130. The van der Waals surface area contributed by atoms with Gasteiger partial charge >= 0.3 is 29.6 Å². The normalized spacial score (nSPS) is 25.5. The van der Waals surface area contributed by atoms with Gasteiger partial charge in [0.15, 0.2) is 14.9 Å². The molecule has 1 saturated heterocycles. The average Bonchev–Trinajstić information content (AvgIpc) is 3.17. The van der Waals surface area contributed by atoms with Crippen molar-refractivity contribution in [2.45, 2.75) is 31.0 Å². The number of carbonyl (C=O) groups excluding carboxylic acids is 2. The first-order valence-corrected chi connectivity index (χ1v) is 10.9. The smallest absolute Gasteiger partial charge is 0.543 e. The van der Waals surface area contributed by atoms with Gasteiger partial charge in [-0.1, -0.05) is 6.92 Å². The van der Waals surface area contributed by atoms with Gasteiger partial charge in [0.25, 0.3) is 0 Å². The second-order valence-electron chi connectivity index (χ2n) is 6.92. The largest absolute Gasteiger partial charge is 1.00 e. The van der Waals surface area contributed by atoms with Gasteiger partial charge in [-0.2, -0.15) is 0 Å². The van der Waals surface area contributed by atoms with E-state index in [-0.39, 0.29) is 46.2 Å². The Labute approximate surface area is 186 Å². The number of hydrogen-bond acceptors (Lipinski definition) is 8. The number of amides is 1. The molecule has 4 rings (SSSR count). The summed E-state index contributed by atoms with van der Waals surface area (Å²) in [6, 6.07) is -0.478. The van der Waals surface area contributed by atoms with E-state index in [9.17, 15) is 28.2 Å². The van der Waals surface area contributed by atoms with E-state index in [0.29, 0.717) is 16.1 Å². The summed E-state index contributed by atoms with van der Waals surface area (Å²) in [5, 5.41) is 23.3. The van der Waals surface area contributed by atoms with Gasteiger partial charge in [-0.3, -0.25) is 9.20 Å². The maximum atomic E-state index is 12.4. The van der Waals surface area contributed by atoms with Crippen LogP contribution in [0.1, 0.15) is 19.5 Å². The minimum absolute atomic E-state index is 0. The third-order valence-electron chi connectivity index (χ3n) is 5.23. The number of carboxylic acid groups (broad SMARTS) is 1. The number of hydrogen-bond donors (Lipinski definition) is 1. The van der Waals surface area contributed by atoms with E-state index in [4.69, 9.17) is 0 Å². The number of aliphatic hydroxyl groups is 1. The van der Waals surface area contributed by atoms with Gasteiger partial charge in [0.1, 0.15) is 11.2 Å². The number of β-lactam (4-membered cyclic amide) rings is 1. The van der Waals surface area contributed by atoms with Gasteiger partial charge in [-0.05, 0) is 6.92 Å². The molecular formula is C16H16N3NaO6S2. The average molecular weight is 433 g/mol. The third kappa shape index (κ3) is 2.79. The zero-order valence-corrected chi connectivity index (χ0v) is 19.2. The Balaban J connectivity index is 0.00000225. The Morgan fingerprint density at radius 3 is 2.61 bits per heavy atom. The molecule has 144 valence electrons. The number of fused-ring (bicyclic) bond motifs is 2. The molecule has 9 nitrogen and oxygen atoms in total. The van der Waals surface area contributed by atoms with Crippen LogP contribution in [0, 0.1) is 11.8 Å². The Kier molecular flexibility index (Phi) is 5.31. The number of nitrogens with zero attached hydrogens (tertiary/aromatic N) is 3. The summed E-state index contributed by atoms with van der Waals surface area (Å²) < 4.78 is 25.3. The molecule has 0 spiro atoms. The molecule has 1 amide bonds. The summed E-state index contributed by atoms with van der Waals surface area (Å²) in [4.78, 5) is 29.7. The second kappa shape index (κ2) is 6.92. The topological polar surface area (TPSA) is 132 Å². The molecule has 2 aromatic heterocycles. The van der Waals surface area contributed by atoms with Crippen molar-refractivity contribution >= 4 is 43.5 Å². The van der Waals surface area contributed by atoms with Gasteiger partial charge in [-0.15, -0.1) is 11.3 Å². The van der Waals surface area contributed by atoms with Crippen molar-refractivity contribution in [3.8, 4) is 0 Å². The molecule has 1 N–H and O–H groups in total. The minimum atomic E-state index is -3.54. The van der Waals surface area contributed by atoms with Crippen molar-refractivity contribution in [1.82, 2.24) is 14.3 Å². The van der Waals surface area contributed by atoms with Crippen LogP contribution in [0.15, 0.2) is 22.4 Å². The summed E-state index contributed by atoms with van der Waals surface area (Å²) in [5.41, 5.74) is 0.597. The van der Waals surface area contributed by atoms with E-state index >= 15 is 0 Å². The van der Waals surface area contributed by atoms with Gasteiger partial charge in [0, 0.05) is 23.1 Å². The molecule has 4 heterocycles. The molecule has 12 heteroatoms. The first-order chi connectivity index (χ1) is 12.6. The van der Waals surface area contributed by atoms with Gasteiger partial charge in [0.2, 0.25) is 5.91 Å². The predicted molar refractivity (Wildman–Crippen MR) is 93.1 cm³/mol. The SMILES string of the molecule is C[C@@H](O)[C@H]1C(=O)N2C(C(=O)[O-])=C(c3csc4c(S(C)(=O)=O)ncn34)[C@H](C)[C@H]12.[Na+]. The molecule has 1 fully saturated rings. The monoisotopic (exact) mass is 433 g/mol. The van der Waals surface area contributed by atoms with Crippen LogP contribution in [-0.4, -0.2) is 58.1 Å². The van der Waals surface area contributed by atoms with Crippen molar-refractivity contribution in [3.05, 3.63) is 23.1 Å². The fourth-order valence-electron chi connectivity index (χ4n) is 4.11. The first-order valence-electron chi connectivity index (χ1n) is 8.17. The van der Waals surface area contributed by atoms with Gasteiger partial charge in [-0.25, -0.2) is 13.4 Å². The molecule has 2 aliphatic heterocycles. The molecule has 2 aromatic rings. The fraction of sp³-hybridized carbons (Fsp3) is 0.438. The number of aromatic nitrogens is 2. The third-order valence-corrected chi connectivity index (χ3v) is 7.31. The van der Waals surface area contributed by atoms with Crippen LogP contribution in [0.3, 0.4) is 0 Å². The number of carbonyl (C=O) groups is 2. The van der Waals surface area contributed by atoms with Crippen LogP contribution in [-0.2, 0) is 19.4 Å². The molecule has 0 aromatic carbocycles. The van der Waals surface area contributed by atoms with Gasteiger partial charge in [0.05, 0.1) is 35.4 Å². The molecule has 4 atom stereocenters. The maximum absolute atomic E-state index is 12.4. The number of rotatable bonds is 4. The quantitative estimate of drug-likeness (QED) is 0.385. The summed E-state index contributed by atoms with van der Waals surface area (Å²) in [5.74, 6) is -3.00. The number of aliphatic hydroxyl groups excluding tert-OH is 1. The molecule has 0 aliphatic carbocycles. The number of aliphatic carboxylic acids is 1. The van der Waals surface area contributed by atoms with Crippen LogP contribution >= 0.6 is 11.3 Å². The summed E-state index contributed by atoms with van der Waals surface area (Å²) in [7, 11) is -3.54. The summed E-state index contributed by atoms with van der Waals surface area (Å²) in [6.45, 7) is 3.28. The number of sulfone groups is 1. The zero-order valence-electron chi connectivity index (χ0n) is 15.6. The molecular weight excluding hydrogens is 417 g/mol. The van der Waals surface area contributed by atoms with Gasteiger partial charge < -0.3 is 19.9 Å². The zero-order chi connectivity index (χ0) is 19.8. The van der Waals surface area contributed by atoms with E-state index in [1.165, 1.54) is 22.6 Å². The van der Waals surface area contributed by atoms with E-state index in [1.54, 1.807) is 12.3 Å². The molecule has 0 radical (unpaired) electrons. The van der Waals surface area contributed by atoms with E-state index in [1.807, 2.05) is 0 Å². The Morgan fingerprint density at radius 1 is 1.43 bits per heavy atom. The number of imidazole rings is 1. The van der Waals surface area contributed by atoms with E-state index in [2.05, 4.69) is 4.98 Å². The Morgan fingerprint density at radius 2 is 2.07 bits per heavy atom. The molecule has 28 heavy (non-hydrogen) atoms. The van der Waals surface area contributed by atoms with Crippen LogP contribution in [0.4, 0.5) is 0 Å². The van der Waals surface area contributed by atoms with Crippen molar-refractivity contribution in [2.24, 2.45) is 11.8 Å². The van der Waals surface area contributed by atoms with Crippen LogP contribution < -0.4 is 34.7 Å². The molecule has 0 saturated carbocycles. The van der Waals surface area contributed by atoms with Crippen molar-refractivity contribution < 1.29 is 57.8 Å². The fourth-order valence-corrected chi connectivity index (χ4v) is 6.24. The van der Waals surface area contributed by atoms with Crippen molar-refractivity contribution in [1.29, 1.82) is 0 Å². The molecule has 0 bridgehead atoms. The van der Waals surface area contributed by atoms with Crippen LogP contribution in [0.2, 0.25) is 0 Å². The van der Waals surface area contributed by atoms with Crippen molar-refractivity contribution in [2.75, 3.05) is 6.26 Å². The van der Waals surface area contributed by atoms with Crippen LogP contribution in [0.25, 0.3) is 10.4 Å². The van der Waals surface area contributed by atoms with Crippen LogP contribution in [0.5, 0.6) is 0 Å². The standard InChI is InChI=1S/C16H17N3O6S2.Na/c1-6-9(8-4-26-15-13(27(3,24)25)17-5-18(8)15)12(16(22)23)19-11(6)10(7(2)20)14(19)21;/h4-7,10-11,20H,1-3H3,(H,22,23);/q;+1/p-1/t6-,7+,10+,11+;/m0./s1. The molecule has 2 aliphatic rings. The Hall–Kier alpha value is -1.24. The summed E-state index contributed by atoms with van der Waals surface area (Å²) in [6.07, 6.45) is 1.47. The minimum Gasteiger partial charge on any atom is -0.543 e. The first kappa shape index (κ1) is 21.5. The predicted octanol–water partition coefficient (Wildman–Crippen LogP) is -3.88. The number of thiazole rings is 1. The van der Waals surface area contributed by atoms with Crippen molar-refractivity contribution in [3.63, 3.8) is 0 Å².